The average molecular weight is 258 g/mol. The number of carbonyl (C=O) groups excluding carboxylic acids is 1. The van der Waals surface area contributed by atoms with Gasteiger partial charge in [-0.05, 0) is 12.8 Å². The van der Waals surface area contributed by atoms with Crippen LogP contribution < -0.4 is 0 Å². The summed E-state index contributed by atoms with van der Waals surface area (Å²) in [7, 11) is 0. The molecule has 0 fully saturated rings. The van der Waals surface area contributed by atoms with Crippen molar-refractivity contribution < 1.29 is 4.79 Å². The van der Waals surface area contributed by atoms with Crippen LogP contribution >= 0.6 is 12.6 Å². The van der Waals surface area contributed by atoms with E-state index in [0.717, 1.165) is 19.3 Å². The summed E-state index contributed by atoms with van der Waals surface area (Å²) >= 11 is 3.97. The van der Waals surface area contributed by atoms with Crippen molar-refractivity contribution in [2.24, 2.45) is 5.92 Å². The third kappa shape index (κ3) is 10.9. The van der Waals surface area contributed by atoms with Crippen molar-refractivity contribution >= 4 is 17.7 Å². The van der Waals surface area contributed by atoms with E-state index in [4.69, 9.17) is 0 Å². The van der Waals surface area contributed by atoms with Gasteiger partial charge in [-0.25, -0.2) is 0 Å². The van der Waals surface area contributed by atoms with Gasteiger partial charge in [-0.1, -0.05) is 71.6 Å². The Morgan fingerprint density at radius 2 is 1.35 bits per heavy atom. The molecule has 1 atom stereocenters. The predicted molar refractivity (Wildman–Crippen MR) is 79.6 cm³/mol. The Morgan fingerprint density at radius 1 is 0.824 bits per heavy atom. The van der Waals surface area contributed by atoms with Gasteiger partial charge in [0.2, 0.25) is 0 Å². The summed E-state index contributed by atoms with van der Waals surface area (Å²) in [5, 5.41) is 0.0924. The van der Waals surface area contributed by atoms with Crippen molar-refractivity contribution in [2.75, 3.05) is 0 Å². The maximum absolute atomic E-state index is 11.2. The monoisotopic (exact) mass is 258 g/mol. The van der Waals surface area contributed by atoms with E-state index in [9.17, 15) is 4.79 Å². The predicted octanol–water partition coefficient (Wildman–Crippen LogP) is 5.39. The van der Waals surface area contributed by atoms with Crippen LogP contribution in [0.3, 0.4) is 0 Å². The van der Waals surface area contributed by atoms with Crippen LogP contribution in [0.25, 0.3) is 0 Å². The smallest absolute Gasteiger partial charge is 0.188 e. The Kier molecular flexibility index (Phi) is 12.5. The summed E-state index contributed by atoms with van der Waals surface area (Å²) in [5.41, 5.74) is 0. The lowest BCUT2D eigenvalue weighted by Crippen LogP contribution is -2.08. The molecule has 0 spiro atoms. The highest BCUT2D eigenvalue weighted by atomic mass is 32.1. The molecule has 0 aromatic heterocycles. The molecule has 0 saturated heterocycles. The van der Waals surface area contributed by atoms with E-state index in [-0.39, 0.29) is 11.0 Å². The highest BCUT2D eigenvalue weighted by Crippen LogP contribution is 2.19. The molecule has 1 unspecified atom stereocenters. The number of rotatable bonds is 12. The van der Waals surface area contributed by atoms with Crippen molar-refractivity contribution in [3.63, 3.8) is 0 Å². The van der Waals surface area contributed by atoms with E-state index >= 15 is 0 Å². The second kappa shape index (κ2) is 12.5. The molecule has 0 N–H and O–H groups in total. The maximum atomic E-state index is 11.2. The minimum absolute atomic E-state index is 0.0924. The molecule has 0 aromatic carbocycles. The summed E-state index contributed by atoms with van der Waals surface area (Å²) < 4.78 is 0. The van der Waals surface area contributed by atoms with E-state index in [1.54, 1.807) is 0 Å². The molecule has 17 heavy (non-hydrogen) atoms. The van der Waals surface area contributed by atoms with Crippen LogP contribution in [0.1, 0.15) is 84.5 Å². The van der Waals surface area contributed by atoms with Crippen molar-refractivity contribution in [1.82, 2.24) is 0 Å². The van der Waals surface area contributed by atoms with Crippen LogP contribution in [0, 0.1) is 5.92 Å². The summed E-state index contributed by atoms with van der Waals surface area (Å²) in [4.78, 5) is 11.2. The fourth-order valence-corrected chi connectivity index (χ4v) is 2.52. The number of unbranched alkanes of at least 4 members (excludes halogenated alkanes) is 7. The van der Waals surface area contributed by atoms with E-state index in [1.165, 1.54) is 51.4 Å². The van der Waals surface area contributed by atoms with Gasteiger partial charge in [-0.3, -0.25) is 4.79 Å². The maximum Gasteiger partial charge on any atom is 0.188 e. The molecule has 0 aromatic rings. The van der Waals surface area contributed by atoms with Crippen molar-refractivity contribution in [2.45, 2.75) is 84.5 Å². The first-order valence-electron chi connectivity index (χ1n) is 7.45. The molecule has 0 rings (SSSR count). The van der Waals surface area contributed by atoms with Crippen molar-refractivity contribution in [3.8, 4) is 0 Å². The van der Waals surface area contributed by atoms with Crippen LogP contribution in [0.4, 0.5) is 0 Å². The van der Waals surface area contributed by atoms with Gasteiger partial charge < -0.3 is 0 Å². The van der Waals surface area contributed by atoms with E-state index in [1.807, 2.05) is 0 Å². The lowest BCUT2D eigenvalue weighted by molar-refractivity contribution is -0.114. The molecule has 0 bridgehead atoms. The Labute approximate surface area is 113 Å². The van der Waals surface area contributed by atoms with E-state index in [0.29, 0.717) is 0 Å². The molecule has 0 aliphatic carbocycles. The lowest BCUT2D eigenvalue weighted by Gasteiger charge is -2.11. The Hall–Kier alpha value is 0.0200. The quantitative estimate of drug-likeness (QED) is 0.367. The van der Waals surface area contributed by atoms with Gasteiger partial charge in [0.15, 0.2) is 5.12 Å². The van der Waals surface area contributed by atoms with Crippen LogP contribution in [0.2, 0.25) is 0 Å². The Morgan fingerprint density at radius 3 is 1.82 bits per heavy atom. The zero-order valence-electron chi connectivity index (χ0n) is 11.7. The topological polar surface area (TPSA) is 17.1 Å². The minimum atomic E-state index is 0.0924. The number of carbonyl (C=O) groups is 1. The fraction of sp³-hybridized carbons (Fsp3) is 0.933. The van der Waals surface area contributed by atoms with Gasteiger partial charge in [0, 0.05) is 5.92 Å². The SMILES string of the molecule is CCCCCCCCCCC(CCC)C(=O)S. The van der Waals surface area contributed by atoms with Gasteiger partial charge in [0.25, 0.3) is 0 Å². The number of hydrogen-bond acceptors (Lipinski definition) is 1. The molecule has 0 aliphatic rings. The molecule has 0 aliphatic heterocycles. The van der Waals surface area contributed by atoms with Gasteiger partial charge in [0.1, 0.15) is 0 Å². The fourth-order valence-electron chi connectivity index (χ4n) is 2.26. The van der Waals surface area contributed by atoms with Gasteiger partial charge >= 0.3 is 0 Å². The van der Waals surface area contributed by atoms with E-state index in [2.05, 4.69) is 26.5 Å². The standard InChI is InChI=1S/C15H30OS/c1-3-5-6-7-8-9-10-11-13-14(12-4-2)15(16)17/h14H,3-13H2,1-2H3,(H,16,17). The second-order valence-electron chi connectivity index (χ2n) is 5.09. The zero-order chi connectivity index (χ0) is 12.9. The summed E-state index contributed by atoms with van der Waals surface area (Å²) in [6.07, 6.45) is 13.8. The lowest BCUT2D eigenvalue weighted by atomic mass is 9.97. The molecule has 0 heterocycles. The van der Waals surface area contributed by atoms with Gasteiger partial charge in [-0.2, -0.15) is 0 Å². The minimum Gasteiger partial charge on any atom is -0.287 e. The molecule has 2 heteroatoms. The van der Waals surface area contributed by atoms with Gasteiger partial charge in [0.05, 0.1) is 0 Å². The molecule has 0 saturated carbocycles. The second-order valence-corrected chi connectivity index (χ2v) is 5.53. The van der Waals surface area contributed by atoms with Crippen LogP contribution in [-0.4, -0.2) is 5.12 Å². The number of hydrogen-bond donors (Lipinski definition) is 1. The Balaban J connectivity index is 3.33. The first-order valence-corrected chi connectivity index (χ1v) is 7.89. The zero-order valence-corrected chi connectivity index (χ0v) is 12.6. The van der Waals surface area contributed by atoms with Gasteiger partial charge in [-0.15, -0.1) is 12.6 Å². The highest BCUT2D eigenvalue weighted by molar-refractivity contribution is 7.96. The van der Waals surface area contributed by atoms with Crippen molar-refractivity contribution in [3.05, 3.63) is 0 Å². The van der Waals surface area contributed by atoms with Crippen LogP contribution in [0.15, 0.2) is 0 Å². The normalized spacial score (nSPS) is 12.6. The largest absolute Gasteiger partial charge is 0.287 e. The van der Waals surface area contributed by atoms with Crippen LogP contribution in [-0.2, 0) is 4.79 Å². The molecule has 102 valence electrons. The molecule has 1 nitrogen and oxygen atoms in total. The first-order chi connectivity index (χ1) is 8.22. The van der Waals surface area contributed by atoms with E-state index < -0.39 is 0 Å². The summed E-state index contributed by atoms with van der Waals surface area (Å²) in [6.45, 7) is 4.39. The van der Waals surface area contributed by atoms with Crippen molar-refractivity contribution in [1.29, 1.82) is 0 Å². The summed E-state index contributed by atoms with van der Waals surface area (Å²) in [5.74, 6) is 0.212. The highest BCUT2D eigenvalue weighted by Gasteiger charge is 2.12. The third-order valence-electron chi connectivity index (χ3n) is 3.39. The molecular weight excluding hydrogens is 228 g/mol. The third-order valence-corrected chi connectivity index (χ3v) is 3.76. The Bertz CT molecular complexity index is 180. The van der Waals surface area contributed by atoms with Crippen LogP contribution in [0.5, 0.6) is 0 Å². The number of thiol groups is 1. The summed E-state index contributed by atoms with van der Waals surface area (Å²) in [6, 6.07) is 0. The first kappa shape index (κ1) is 17.0. The molecule has 0 amide bonds. The molecule has 0 radical (unpaired) electrons. The average Bonchev–Trinajstić information content (AvgIpc) is 2.31. The molecular formula is C15H30OS.